The molecule has 2 atom stereocenters. The minimum Gasteiger partial charge on any atom is -0.493 e. The van der Waals surface area contributed by atoms with Gasteiger partial charge in [-0.25, -0.2) is 4.39 Å². The van der Waals surface area contributed by atoms with E-state index in [1.807, 2.05) is 6.07 Å². The SMILES string of the molecule is COc1cc([C@@]23CCN[C@@H]2CC(=O)CC3)cc(F)c1OC. The van der Waals surface area contributed by atoms with Crippen LogP contribution in [0.2, 0.25) is 0 Å². The highest BCUT2D eigenvalue weighted by Gasteiger charge is 2.48. The average molecular weight is 293 g/mol. The maximum absolute atomic E-state index is 14.3. The van der Waals surface area contributed by atoms with Crippen LogP contribution in [0.5, 0.6) is 11.5 Å². The van der Waals surface area contributed by atoms with Crippen molar-refractivity contribution in [3.8, 4) is 11.5 Å². The summed E-state index contributed by atoms with van der Waals surface area (Å²) in [6, 6.07) is 3.49. The first-order valence-electron chi connectivity index (χ1n) is 7.28. The first kappa shape index (κ1) is 14.3. The van der Waals surface area contributed by atoms with Crippen molar-refractivity contribution in [2.45, 2.75) is 37.1 Å². The normalized spacial score (nSPS) is 28.3. The van der Waals surface area contributed by atoms with E-state index in [4.69, 9.17) is 9.47 Å². The van der Waals surface area contributed by atoms with Crippen molar-refractivity contribution in [2.24, 2.45) is 0 Å². The van der Waals surface area contributed by atoms with E-state index in [0.29, 0.717) is 18.6 Å². The van der Waals surface area contributed by atoms with Crippen LogP contribution in [0.3, 0.4) is 0 Å². The molecular formula is C16H20FNO3. The first-order valence-corrected chi connectivity index (χ1v) is 7.28. The molecule has 1 saturated heterocycles. The Morgan fingerprint density at radius 1 is 1.29 bits per heavy atom. The van der Waals surface area contributed by atoms with Gasteiger partial charge in [0.2, 0.25) is 0 Å². The maximum Gasteiger partial charge on any atom is 0.196 e. The van der Waals surface area contributed by atoms with E-state index in [-0.39, 0.29) is 23.0 Å². The van der Waals surface area contributed by atoms with Crippen LogP contribution in [-0.4, -0.2) is 32.6 Å². The van der Waals surface area contributed by atoms with E-state index in [1.54, 1.807) is 0 Å². The molecule has 1 heterocycles. The van der Waals surface area contributed by atoms with Crippen LogP contribution in [0.15, 0.2) is 12.1 Å². The second-order valence-electron chi connectivity index (χ2n) is 5.85. The number of methoxy groups -OCH3 is 2. The summed E-state index contributed by atoms with van der Waals surface area (Å²) in [5.74, 6) is 0.409. The van der Waals surface area contributed by atoms with Crippen molar-refractivity contribution in [3.63, 3.8) is 0 Å². The lowest BCUT2D eigenvalue weighted by atomic mass is 9.66. The molecule has 114 valence electrons. The molecule has 0 aromatic heterocycles. The van der Waals surface area contributed by atoms with Gasteiger partial charge in [-0.2, -0.15) is 0 Å². The monoisotopic (exact) mass is 293 g/mol. The molecule has 0 radical (unpaired) electrons. The summed E-state index contributed by atoms with van der Waals surface area (Å²) in [7, 11) is 2.94. The Morgan fingerprint density at radius 3 is 2.81 bits per heavy atom. The smallest absolute Gasteiger partial charge is 0.196 e. The van der Waals surface area contributed by atoms with Crippen molar-refractivity contribution < 1.29 is 18.7 Å². The molecule has 2 fully saturated rings. The van der Waals surface area contributed by atoms with Crippen molar-refractivity contribution in [1.82, 2.24) is 5.32 Å². The van der Waals surface area contributed by atoms with Gasteiger partial charge in [-0.05, 0) is 37.1 Å². The molecule has 1 aliphatic heterocycles. The second kappa shape index (κ2) is 5.30. The van der Waals surface area contributed by atoms with Gasteiger partial charge in [0.05, 0.1) is 14.2 Å². The Balaban J connectivity index is 2.06. The number of carbonyl (C=O) groups excluding carboxylic acids is 1. The molecule has 2 aliphatic rings. The topological polar surface area (TPSA) is 47.6 Å². The molecule has 1 aliphatic carbocycles. The number of halogens is 1. The summed E-state index contributed by atoms with van der Waals surface area (Å²) in [4.78, 5) is 11.7. The zero-order chi connectivity index (χ0) is 15.0. The molecule has 0 bridgehead atoms. The molecule has 5 heteroatoms. The fraction of sp³-hybridized carbons (Fsp3) is 0.562. The van der Waals surface area contributed by atoms with Crippen LogP contribution in [0.1, 0.15) is 31.2 Å². The van der Waals surface area contributed by atoms with Crippen LogP contribution in [0, 0.1) is 5.82 Å². The minimum atomic E-state index is -0.413. The molecule has 0 unspecified atom stereocenters. The van der Waals surface area contributed by atoms with E-state index in [0.717, 1.165) is 24.9 Å². The van der Waals surface area contributed by atoms with Crippen molar-refractivity contribution in [1.29, 1.82) is 0 Å². The number of ketones is 1. The number of nitrogens with one attached hydrogen (secondary N) is 1. The fourth-order valence-corrected chi connectivity index (χ4v) is 3.79. The van der Waals surface area contributed by atoms with E-state index < -0.39 is 5.82 Å². The summed E-state index contributed by atoms with van der Waals surface area (Å²) >= 11 is 0. The first-order chi connectivity index (χ1) is 10.1. The minimum absolute atomic E-state index is 0.0938. The predicted octanol–water partition coefficient (Wildman–Crippen LogP) is 2.20. The number of Topliss-reactive ketones (excluding diaryl/α,β-unsaturated/α-hetero) is 1. The molecule has 3 rings (SSSR count). The number of rotatable bonds is 3. The van der Waals surface area contributed by atoms with E-state index >= 15 is 0 Å². The maximum atomic E-state index is 14.3. The molecule has 1 aromatic carbocycles. The quantitative estimate of drug-likeness (QED) is 0.928. The summed E-state index contributed by atoms with van der Waals surface area (Å²) in [6.07, 6.45) is 2.77. The zero-order valence-corrected chi connectivity index (χ0v) is 12.4. The van der Waals surface area contributed by atoms with Crippen LogP contribution in [0.4, 0.5) is 4.39 Å². The standard InChI is InChI=1S/C16H20FNO3/c1-20-13-8-10(7-12(17)15(13)21-2)16-4-3-11(19)9-14(16)18-6-5-16/h7-8,14,18H,3-6,9H2,1-2H3/t14-,16-/m1/s1. The largest absolute Gasteiger partial charge is 0.493 e. The van der Waals surface area contributed by atoms with Gasteiger partial charge < -0.3 is 14.8 Å². The van der Waals surface area contributed by atoms with Gasteiger partial charge in [-0.15, -0.1) is 0 Å². The van der Waals surface area contributed by atoms with Crippen molar-refractivity contribution in [2.75, 3.05) is 20.8 Å². The Kier molecular flexibility index (Phi) is 3.61. The van der Waals surface area contributed by atoms with Crippen molar-refractivity contribution in [3.05, 3.63) is 23.5 Å². The fourth-order valence-electron chi connectivity index (χ4n) is 3.79. The lowest BCUT2D eigenvalue weighted by Gasteiger charge is -2.39. The molecule has 1 aromatic rings. The predicted molar refractivity (Wildman–Crippen MR) is 76.4 cm³/mol. The molecule has 4 nitrogen and oxygen atoms in total. The van der Waals surface area contributed by atoms with Gasteiger partial charge in [-0.3, -0.25) is 4.79 Å². The third-order valence-electron chi connectivity index (χ3n) is 4.92. The average Bonchev–Trinajstić information content (AvgIpc) is 2.90. The number of ether oxygens (including phenoxy) is 2. The van der Waals surface area contributed by atoms with E-state index in [9.17, 15) is 9.18 Å². The lowest BCUT2D eigenvalue weighted by molar-refractivity contribution is -0.121. The van der Waals surface area contributed by atoms with Gasteiger partial charge >= 0.3 is 0 Å². The highest BCUT2D eigenvalue weighted by molar-refractivity contribution is 5.81. The zero-order valence-electron chi connectivity index (χ0n) is 12.4. The third-order valence-corrected chi connectivity index (χ3v) is 4.92. The van der Waals surface area contributed by atoms with Crippen LogP contribution < -0.4 is 14.8 Å². The highest BCUT2D eigenvalue weighted by atomic mass is 19.1. The Hall–Kier alpha value is -1.62. The molecule has 21 heavy (non-hydrogen) atoms. The summed E-state index contributed by atoms with van der Waals surface area (Å²) in [5.41, 5.74) is 0.731. The second-order valence-corrected chi connectivity index (χ2v) is 5.85. The van der Waals surface area contributed by atoms with Crippen molar-refractivity contribution >= 4 is 5.78 Å². The lowest BCUT2D eigenvalue weighted by Crippen LogP contribution is -2.45. The third kappa shape index (κ3) is 2.20. The molecule has 0 spiro atoms. The van der Waals surface area contributed by atoms with E-state index in [2.05, 4.69) is 5.32 Å². The highest BCUT2D eigenvalue weighted by Crippen LogP contribution is 2.46. The number of carbonyl (C=O) groups is 1. The number of hydrogen-bond acceptors (Lipinski definition) is 4. The van der Waals surface area contributed by atoms with E-state index in [1.165, 1.54) is 20.3 Å². The molecule has 1 saturated carbocycles. The summed E-state index contributed by atoms with van der Waals surface area (Å²) in [5, 5.41) is 3.40. The number of hydrogen-bond donors (Lipinski definition) is 1. The number of benzene rings is 1. The summed E-state index contributed by atoms with van der Waals surface area (Å²) < 4.78 is 24.6. The van der Waals surface area contributed by atoms with Gasteiger partial charge in [0.1, 0.15) is 5.78 Å². The Bertz CT molecular complexity index is 575. The summed E-state index contributed by atoms with van der Waals surface area (Å²) in [6.45, 7) is 0.855. The van der Waals surface area contributed by atoms with Gasteiger partial charge in [0.15, 0.2) is 17.3 Å². The Morgan fingerprint density at radius 2 is 2.10 bits per heavy atom. The van der Waals surface area contributed by atoms with Gasteiger partial charge in [0.25, 0.3) is 0 Å². The van der Waals surface area contributed by atoms with Gasteiger partial charge in [-0.1, -0.05) is 0 Å². The molecule has 0 amide bonds. The van der Waals surface area contributed by atoms with Crippen LogP contribution in [-0.2, 0) is 10.2 Å². The van der Waals surface area contributed by atoms with Gasteiger partial charge in [0, 0.05) is 24.3 Å². The molecule has 1 N–H and O–H groups in total. The Labute approximate surface area is 123 Å². The van der Waals surface area contributed by atoms with Crippen LogP contribution in [0.25, 0.3) is 0 Å². The van der Waals surface area contributed by atoms with Crippen LogP contribution >= 0.6 is 0 Å². The molecular weight excluding hydrogens is 273 g/mol. The number of fused-ring (bicyclic) bond motifs is 1.